The van der Waals surface area contributed by atoms with Gasteiger partial charge in [-0.25, -0.2) is 4.98 Å². The number of pyridine rings is 1. The van der Waals surface area contributed by atoms with Crippen LogP contribution in [0.1, 0.15) is 25.5 Å². The van der Waals surface area contributed by atoms with Gasteiger partial charge < -0.3 is 10.6 Å². The number of nitrogens with zero attached hydrogens (tertiary/aromatic N) is 3. The van der Waals surface area contributed by atoms with E-state index in [0.717, 1.165) is 37.3 Å². The molecule has 1 amide bonds. The van der Waals surface area contributed by atoms with Crippen molar-refractivity contribution in [3.05, 3.63) is 35.6 Å². The lowest BCUT2D eigenvalue weighted by Crippen LogP contribution is -2.39. The summed E-state index contributed by atoms with van der Waals surface area (Å²) in [6.45, 7) is 4.56. The van der Waals surface area contributed by atoms with Gasteiger partial charge in [-0.1, -0.05) is 0 Å². The second-order valence-corrected chi connectivity index (χ2v) is 6.42. The Morgan fingerprint density at radius 1 is 1.43 bits per heavy atom. The van der Waals surface area contributed by atoms with Crippen molar-refractivity contribution in [2.75, 3.05) is 23.7 Å². The number of thiazole rings is 1. The lowest BCUT2D eigenvalue weighted by Gasteiger charge is -2.23. The maximum Gasteiger partial charge on any atom is 0.243 e. The first-order chi connectivity index (χ1) is 11.3. The Balaban J connectivity index is 1.64. The second-order valence-electron chi connectivity index (χ2n) is 5.52. The van der Waals surface area contributed by atoms with Crippen molar-refractivity contribution in [2.45, 2.75) is 32.4 Å². The van der Waals surface area contributed by atoms with Gasteiger partial charge in [0.2, 0.25) is 5.91 Å². The molecule has 0 bridgehead atoms. The van der Waals surface area contributed by atoms with Crippen LogP contribution >= 0.6 is 11.3 Å². The minimum Gasteiger partial charge on any atom is -0.385 e. The van der Waals surface area contributed by atoms with E-state index in [2.05, 4.69) is 38.5 Å². The Labute approximate surface area is 140 Å². The number of likely N-dealkylation sites (tertiary alicyclic amines) is 1. The van der Waals surface area contributed by atoms with E-state index in [0.29, 0.717) is 11.7 Å². The van der Waals surface area contributed by atoms with Crippen LogP contribution in [-0.4, -0.2) is 39.9 Å². The fourth-order valence-electron chi connectivity index (χ4n) is 2.87. The molecule has 122 valence electrons. The Morgan fingerprint density at radius 3 is 3.13 bits per heavy atom. The van der Waals surface area contributed by atoms with Crippen LogP contribution in [0.5, 0.6) is 0 Å². The third kappa shape index (κ3) is 4.05. The van der Waals surface area contributed by atoms with Gasteiger partial charge in [-0.05, 0) is 38.4 Å². The topological polar surface area (TPSA) is 70.2 Å². The first-order valence-electron chi connectivity index (χ1n) is 7.89. The lowest BCUT2D eigenvalue weighted by atomic mass is 10.2. The molecule has 1 atom stereocenters. The monoisotopic (exact) mass is 331 g/mol. The summed E-state index contributed by atoms with van der Waals surface area (Å²) in [6.07, 6.45) is 5.42. The predicted octanol–water partition coefficient (Wildman–Crippen LogP) is 2.57. The summed E-state index contributed by atoms with van der Waals surface area (Å²) in [5.74, 6) is 0.0280. The van der Waals surface area contributed by atoms with Crippen LogP contribution in [0.25, 0.3) is 0 Å². The van der Waals surface area contributed by atoms with Gasteiger partial charge >= 0.3 is 0 Å². The molecule has 1 aliphatic rings. The molecule has 0 unspecified atom stereocenters. The van der Waals surface area contributed by atoms with E-state index in [-0.39, 0.29) is 11.9 Å². The molecule has 6 nitrogen and oxygen atoms in total. The van der Waals surface area contributed by atoms with Crippen LogP contribution < -0.4 is 10.6 Å². The summed E-state index contributed by atoms with van der Waals surface area (Å²) in [4.78, 5) is 23.2. The Bertz CT molecular complexity index is 646. The predicted molar refractivity (Wildman–Crippen MR) is 92.6 cm³/mol. The molecule has 1 aliphatic heterocycles. The maximum atomic E-state index is 12.5. The highest BCUT2D eigenvalue weighted by atomic mass is 32.1. The number of carbonyl (C=O) groups excluding carboxylic acids is 1. The highest BCUT2D eigenvalue weighted by molar-refractivity contribution is 7.13. The fourth-order valence-corrected chi connectivity index (χ4v) is 3.40. The lowest BCUT2D eigenvalue weighted by molar-refractivity contribution is -0.120. The third-order valence-electron chi connectivity index (χ3n) is 3.89. The average molecular weight is 331 g/mol. The largest absolute Gasteiger partial charge is 0.385 e. The van der Waals surface area contributed by atoms with E-state index < -0.39 is 0 Å². The zero-order valence-electron chi connectivity index (χ0n) is 13.2. The van der Waals surface area contributed by atoms with Crippen LogP contribution in [0.2, 0.25) is 0 Å². The summed E-state index contributed by atoms with van der Waals surface area (Å²) in [7, 11) is 0. The van der Waals surface area contributed by atoms with Crippen LogP contribution in [0.4, 0.5) is 10.8 Å². The summed E-state index contributed by atoms with van der Waals surface area (Å²) >= 11 is 1.44. The van der Waals surface area contributed by atoms with Crippen LogP contribution in [0.3, 0.4) is 0 Å². The summed E-state index contributed by atoms with van der Waals surface area (Å²) in [5.41, 5.74) is 2.05. The number of aromatic nitrogens is 2. The fraction of sp³-hybridized carbons (Fsp3) is 0.438. The third-order valence-corrected chi connectivity index (χ3v) is 4.58. The minimum absolute atomic E-state index is 0.0280. The van der Waals surface area contributed by atoms with Crippen LogP contribution in [0, 0.1) is 0 Å². The number of rotatable bonds is 6. The van der Waals surface area contributed by atoms with Crippen molar-refractivity contribution < 1.29 is 4.79 Å². The normalized spacial score (nSPS) is 18.0. The highest BCUT2D eigenvalue weighted by Gasteiger charge is 2.31. The van der Waals surface area contributed by atoms with Gasteiger partial charge in [0.15, 0.2) is 5.13 Å². The van der Waals surface area contributed by atoms with E-state index in [1.807, 2.05) is 17.6 Å². The number of nitrogens with one attached hydrogen (secondary N) is 2. The molecule has 2 N–H and O–H groups in total. The van der Waals surface area contributed by atoms with Crippen molar-refractivity contribution in [3.8, 4) is 0 Å². The Morgan fingerprint density at radius 2 is 2.35 bits per heavy atom. The molecule has 1 fully saturated rings. The van der Waals surface area contributed by atoms with E-state index in [1.165, 1.54) is 11.3 Å². The molecule has 2 aromatic rings. The van der Waals surface area contributed by atoms with Gasteiger partial charge in [0, 0.05) is 36.6 Å². The number of carbonyl (C=O) groups is 1. The summed E-state index contributed by atoms with van der Waals surface area (Å²) < 4.78 is 0. The molecule has 23 heavy (non-hydrogen) atoms. The number of hydrogen-bond donors (Lipinski definition) is 2. The van der Waals surface area contributed by atoms with Crippen molar-refractivity contribution in [3.63, 3.8) is 0 Å². The molecule has 0 spiro atoms. The molecule has 7 heteroatoms. The van der Waals surface area contributed by atoms with Crippen molar-refractivity contribution in [1.82, 2.24) is 14.9 Å². The van der Waals surface area contributed by atoms with Crippen molar-refractivity contribution in [2.24, 2.45) is 0 Å². The van der Waals surface area contributed by atoms with Crippen molar-refractivity contribution in [1.29, 1.82) is 0 Å². The van der Waals surface area contributed by atoms with E-state index in [1.54, 1.807) is 6.20 Å². The molecule has 2 aromatic heterocycles. The van der Waals surface area contributed by atoms with Gasteiger partial charge in [-0.2, -0.15) is 0 Å². The summed E-state index contributed by atoms with van der Waals surface area (Å²) in [6, 6.07) is 3.91. The molecule has 0 aliphatic carbocycles. The Kier molecular flexibility index (Phi) is 5.19. The van der Waals surface area contributed by atoms with Gasteiger partial charge in [0.25, 0.3) is 0 Å². The smallest absolute Gasteiger partial charge is 0.243 e. The van der Waals surface area contributed by atoms with Gasteiger partial charge in [0.1, 0.15) is 0 Å². The van der Waals surface area contributed by atoms with Crippen LogP contribution in [0.15, 0.2) is 29.9 Å². The first kappa shape index (κ1) is 15.9. The van der Waals surface area contributed by atoms with E-state index in [4.69, 9.17) is 0 Å². The minimum atomic E-state index is -0.108. The summed E-state index contributed by atoms with van der Waals surface area (Å²) in [5, 5.41) is 8.72. The van der Waals surface area contributed by atoms with Gasteiger partial charge in [0.05, 0.1) is 11.7 Å². The first-order valence-corrected chi connectivity index (χ1v) is 8.77. The number of amides is 1. The van der Waals surface area contributed by atoms with Gasteiger partial charge in [-0.3, -0.25) is 14.7 Å². The van der Waals surface area contributed by atoms with Crippen LogP contribution in [-0.2, 0) is 11.3 Å². The number of anilines is 2. The second kappa shape index (κ2) is 7.52. The maximum absolute atomic E-state index is 12.5. The van der Waals surface area contributed by atoms with E-state index in [9.17, 15) is 4.79 Å². The molecule has 0 aromatic carbocycles. The highest BCUT2D eigenvalue weighted by Crippen LogP contribution is 2.22. The SMILES string of the molecule is CCNc1ccnc(CN2CCC[C@@H]2C(=O)Nc2nccs2)c1. The zero-order chi connectivity index (χ0) is 16.1. The molecular weight excluding hydrogens is 310 g/mol. The molecule has 3 rings (SSSR count). The zero-order valence-corrected chi connectivity index (χ0v) is 14.0. The molecule has 0 saturated carbocycles. The molecule has 0 radical (unpaired) electrons. The standard InChI is InChI=1S/C16H21N5OS/c1-2-17-12-5-6-18-13(10-12)11-21-8-3-4-14(21)15(22)20-16-19-7-9-23-16/h5-7,9-10,14H,2-4,8,11H2,1H3,(H,17,18)(H,19,20,22)/t14-/m1/s1. The van der Waals surface area contributed by atoms with Gasteiger partial charge in [-0.15, -0.1) is 11.3 Å². The Hall–Kier alpha value is -1.99. The molecule has 1 saturated heterocycles. The van der Waals surface area contributed by atoms with E-state index >= 15 is 0 Å². The molecular formula is C16H21N5OS. The number of hydrogen-bond acceptors (Lipinski definition) is 6. The average Bonchev–Trinajstić information content (AvgIpc) is 3.19. The van der Waals surface area contributed by atoms with Crippen molar-refractivity contribution >= 4 is 28.1 Å². The quantitative estimate of drug-likeness (QED) is 0.851. The molecule has 3 heterocycles.